The van der Waals surface area contributed by atoms with Gasteiger partial charge in [-0.25, -0.2) is 20.0 Å². The Bertz CT molecular complexity index is 1470. The molecule has 1 aliphatic rings. The van der Waals surface area contributed by atoms with Crippen molar-refractivity contribution in [3.05, 3.63) is 43.0 Å². The van der Waals surface area contributed by atoms with Crippen molar-refractivity contribution >= 4 is 41.4 Å². The smallest absolute Gasteiger partial charge is 0.323 e. The van der Waals surface area contributed by atoms with Gasteiger partial charge in [-0.3, -0.25) is 9.36 Å². The van der Waals surface area contributed by atoms with Crippen molar-refractivity contribution in [2.75, 3.05) is 12.3 Å². The molecule has 0 aliphatic carbocycles. The van der Waals surface area contributed by atoms with Crippen LogP contribution in [0.1, 0.15) is 33.9 Å². The van der Waals surface area contributed by atoms with Gasteiger partial charge in [0.15, 0.2) is 23.3 Å². The lowest BCUT2D eigenvalue weighted by Crippen LogP contribution is -2.51. The number of rotatable bonds is 10. The van der Waals surface area contributed by atoms with E-state index in [4.69, 9.17) is 42.5 Å². The predicted molar refractivity (Wildman–Crippen MR) is 149 cm³/mol. The Kier molecular flexibility index (Phi) is 8.49. The molecule has 0 radical (unpaired) electrons. The van der Waals surface area contributed by atoms with Gasteiger partial charge in [0.05, 0.1) is 19.0 Å². The second kappa shape index (κ2) is 11.4. The van der Waals surface area contributed by atoms with Gasteiger partial charge in [0, 0.05) is 0 Å². The van der Waals surface area contributed by atoms with E-state index in [0.29, 0.717) is 5.75 Å². The molecule has 1 unspecified atom stereocenters. The van der Waals surface area contributed by atoms with E-state index in [1.807, 2.05) is 0 Å². The van der Waals surface area contributed by atoms with E-state index in [1.165, 1.54) is 24.1 Å². The first kappa shape index (κ1) is 29.8. The number of anilines is 1. The molecule has 214 valence electrons. The van der Waals surface area contributed by atoms with Crippen molar-refractivity contribution < 1.29 is 33.5 Å². The standard InChI is InChI=1S/C25H31N6O7PS/c1-6-25(34)22(33)24(5,37-23(25)31-14-29-18-19(26)27-13-28-20(18)31)12-35-39(40,38-17-10-8-7-9-11-17)30-16(4)21(32)36-15(2)3/h1,7-11,13-16,22-23,33-34H,12H2,2-5H3,(H,30,40)(H2,26,27,28)/t16-,22+,23+,24-,25+,39?/m0/s1. The minimum absolute atomic E-state index is 0.118. The van der Waals surface area contributed by atoms with Crippen LogP contribution in [-0.4, -0.2) is 71.8 Å². The van der Waals surface area contributed by atoms with Crippen LogP contribution in [-0.2, 0) is 30.6 Å². The maximum Gasteiger partial charge on any atom is 0.323 e. The summed E-state index contributed by atoms with van der Waals surface area (Å²) >= 11 is 5.75. The number of para-hydroxylation sites is 1. The Morgan fingerprint density at radius 2 is 2.02 bits per heavy atom. The lowest BCUT2D eigenvalue weighted by Gasteiger charge is -2.32. The summed E-state index contributed by atoms with van der Waals surface area (Å²) in [6.45, 7) is 2.64. The quantitative estimate of drug-likeness (QED) is 0.153. The van der Waals surface area contributed by atoms with Crippen LogP contribution in [0.4, 0.5) is 5.82 Å². The van der Waals surface area contributed by atoms with Crippen LogP contribution in [0.2, 0.25) is 0 Å². The maximum atomic E-state index is 12.5. The fourth-order valence-electron chi connectivity index (χ4n) is 4.13. The highest BCUT2D eigenvalue weighted by atomic mass is 32.5. The van der Waals surface area contributed by atoms with Crippen molar-refractivity contribution in [3.63, 3.8) is 0 Å². The molecule has 3 aromatic rings. The van der Waals surface area contributed by atoms with Crippen LogP contribution in [0, 0.1) is 12.3 Å². The molecule has 1 fully saturated rings. The van der Waals surface area contributed by atoms with Gasteiger partial charge in [-0.1, -0.05) is 24.1 Å². The molecule has 2 aromatic heterocycles. The van der Waals surface area contributed by atoms with Crippen molar-refractivity contribution in [1.29, 1.82) is 0 Å². The number of imidazole rings is 1. The third-order valence-electron chi connectivity index (χ3n) is 6.17. The second-order valence-corrected chi connectivity index (χ2v) is 12.9. The third kappa shape index (κ3) is 5.82. The number of nitrogens with zero attached hydrogens (tertiary/aromatic N) is 4. The first-order valence-corrected chi connectivity index (χ1v) is 14.9. The average Bonchev–Trinajstić information content (AvgIpc) is 3.42. The molecule has 5 N–H and O–H groups in total. The van der Waals surface area contributed by atoms with E-state index in [0.717, 1.165) is 0 Å². The van der Waals surface area contributed by atoms with Gasteiger partial charge in [-0.2, -0.15) is 0 Å². The number of aliphatic hydroxyl groups excluding tert-OH is 1. The summed E-state index contributed by atoms with van der Waals surface area (Å²) in [5, 5.41) is 25.6. The minimum Gasteiger partial charge on any atom is -0.462 e. The molecule has 6 atom stereocenters. The minimum atomic E-state index is -3.49. The normalized spacial score (nSPS) is 26.8. The van der Waals surface area contributed by atoms with Crippen LogP contribution in [0.5, 0.6) is 5.75 Å². The van der Waals surface area contributed by atoms with Crippen LogP contribution < -0.4 is 15.3 Å². The van der Waals surface area contributed by atoms with E-state index >= 15 is 0 Å². The Morgan fingerprint density at radius 1 is 1.32 bits per heavy atom. The first-order chi connectivity index (χ1) is 18.8. The number of aliphatic hydroxyl groups is 2. The summed E-state index contributed by atoms with van der Waals surface area (Å²) in [7, 11) is 0. The first-order valence-electron chi connectivity index (χ1n) is 12.3. The Labute approximate surface area is 236 Å². The number of ether oxygens (including phenoxy) is 2. The zero-order valence-corrected chi connectivity index (χ0v) is 24.0. The number of aromatic nitrogens is 4. The number of nitrogens with two attached hydrogens (primary N) is 1. The van der Waals surface area contributed by atoms with E-state index in [1.54, 1.807) is 51.1 Å². The van der Waals surface area contributed by atoms with Crippen LogP contribution >= 0.6 is 6.64 Å². The number of fused-ring (bicyclic) bond motifs is 1. The number of carbonyl (C=O) groups excluding carboxylic acids is 1. The van der Waals surface area contributed by atoms with Crippen LogP contribution in [0.3, 0.4) is 0 Å². The molecule has 40 heavy (non-hydrogen) atoms. The molecule has 0 bridgehead atoms. The van der Waals surface area contributed by atoms with Gasteiger partial charge < -0.3 is 34.5 Å². The summed E-state index contributed by atoms with van der Waals surface area (Å²) < 4.78 is 24.9. The fourth-order valence-corrected chi connectivity index (χ4v) is 6.61. The molecule has 1 aromatic carbocycles. The average molecular weight is 591 g/mol. The van der Waals surface area contributed by atoms with Gasteiger partial charge in [-0.05, 0) is 51.6 Å². The molecule has 3 heterocycles. The number of benzene rings is 1. The van der Waals surface area contributed by atoms with E-state index in [-0.39, 0.29) is 29.7 Å². The van der Waals surface area contributed by atoms with E-state index in [9.17, 15) is 15.0 Å². The summed E-state index contributed by atoms with van der Waals surface area (Å²) in [6.07, 6.45) is 4.92. The number of terminal acetylenes is 1. The molecule has 0 amide bonds. The van der Waals surface area contributed by atoms with Crippen molar-refractivity contribution in [3.8, 4) is 18.1 Å². The summed E-state index contributed by atoms with van der Waals surface area (Å²) in [5.41, 5.74) is 2.57. The highest BCUT2D eigenvalue weighted by molar-refractivity contribution is 8.09. The number of nitrogens with one attached hydrogen (secondary N) is 1. The molecule has 1 saturated heterocycles. The molecule has 0 spiro atoms. The fraction of sp³-hybridized carbons (Fsp3) is 0.440. The van der Waals surface area contributed by atoms with Crippen molar-refractivity contribution in [2.45, 2.75) is 63.4 Å². The van der Waals surface area contributed by atoms with Gasteiger partial charge in [0.1, 0.15) is 35.3 Å². The molecule has 4 rings (SSSR count). The Morgan fingerprint density at radius 3 is 2.67 bits per heavy atom. The van der Waals surface area contributed by atoms with E-state index in [2.05, 4.69) is 26.0 Å². The highest BCUT2D eigenvalue weighted by Crippen LogP contribution is 2.50. The van der Waals surface area contributed by atoms with Gasteiger partial charge >= 0.3 is 12.6 Å². The number of hydrogen-bond donors (Lipinski definition) is 4. The Hall–Kier alpha value is -3.15. The lowest BCUT2D eigenvalue weighted by molar-refractivity contribution is -0.149. The largest absolute Gasteiger partial charge is 0.462 e. The summed E-state index contributed by atoms with van der Waals surface area (Å²) in [5.74, 6) is 2.20. The highest BCUT2D eigenvalue weighted by Gasteiger charge is 2.62. The third-order valence-corrected chi connectivity index (χ3v) is 8.65. The molecule has 13 nitrogen and oxygen atoms in total. The number of hydrogen-bond acceptors (Lipinski definition) is 12. The zero-order valence-electron chi connectivity index (χ0n) is 22.3. The molecule has 15 heteroatoms. The number of esters is 1. The summed E-state index contributed by atoms with van der Waals surface area (Å²) in [6, 6.07) is 7.76. The Balaban J connectivity index is 1.62. The van der Waals surface area contributed by atoms with Crippen LogP contribution in [0.15, 0.2) is 43.0 Å². The molecule has 0 saturated carbocycles. The second-order valence-electron chi connectivity index (χ2n) is 9.75. The molecular formula is C25H31N6O7PS. The zero-order chi connectivity index (χ0) is 29.3. The van der Waals surface area contributed by atoms with Gasteiger partial charge in [0.25, 0.3) is 0 Å². The van der Waals surface area contributed by atoms with Crippen molar-refractivity contribution in [2.24, 2.45) is 0 Å². The SMILES string of the molecule is C#C[C@]1(O)[C@H](n2cnc3c(N)ncnc32)O[C@@](C)(COP(=S)(N[C@@H](C)C(=O)OC(C)C)Oc2ccccc2)[C@H]1O. The molecule has 1 aliphatic heterocycles. The van der Waals surface area contributed by atoms with Gasteiger partial charge in [-0.15, -0.1) is 6.42 Å². The maximum absolute atomic E-state index is 12.5. The number of carbonyl (C=O) groups is 1. The van der Waals surface area contributed by atoms with E-state index < -0.39 is 42.2 Å². The van der Waals surface area contributed by atoms with Crippen LogP contribution in [0.25, 0.3) is 11.2 Å². The molecular weight excluding hydrogens is 559 g/mol. The summed E-state index contributed by atoms with van der Waals surface area (Å²) in [4.78, 5) is 24.8. The van der Waals surface area contributed by atoms with Crippen molar-refractivity contribution in [1.82, 2.24) is 24.6 Å². The van der Waals surface area contributed by atoms with Gasteiger partial charge in [0.2, 0.25) is 0 Å². The predicted octanol–water partition coefficient (Wildman–Crippen LogP) is 1.67. The monoisotopic (exact) mass is 590 g/mol. The lowest BCUT2D eigenvalue weighted by atomic mass is 9.88. The number of nitrogen functional groups attached to an aromatic ring is 1. The topological polar surface area (TPSA) is 176 Å².